The Kier molecular flexibility index (Phi) is 3.95. The molecule has 20 heavy (non-hydrogen) atoms. The Bertz CT molecular complexity index is 487. The van der Waals surface area contributed by atoms with Crippen LogP contribution in [0.15, 0.2) is 18.2 Å². The average Bonchev–Trinajstić information content (AvgIpc) is 2.36. The summed E-state index contributed by atoms with van der Waals surface area (Å²) < 4.78 is 52.1. The Morgan fingerprint density at radius 2 is 1.90 bits per heavy atom. The maximum absolute atomic E-state index is 13.9. The van der Waals surface area contributed by atoms with Gasteiger partial charge in [-0.1, -0.05) is 6.92 Å². The van der Waals surface area contributed by atoms with Crippen LogP contribution in [0.2, 0.25) is 0 Å². The largest absolute Gasteiger partial charge is 0.416 e. The molecule has 1 aliphatic heterocycles. The number of hydrogen-bond donors (Lipinski definition) is 1. The SMILES string of the molecule is CC1C(N)CCN(c2cc(C(F)(F)F)ccc2F)C1C. The summed E-state index contributed by atoms with van der Waals surface area (Å²) in [5, 5.41) is 0. The first-order chi connectivity index (χ1) is 9.21. The molecule has 1 fully saturated rings. The van der Waals surface area contributed by atoms with Crippen molar-refractivity contribution >= 4 is 5.69 Å². The maximum Gasteiger partial charge on any atom is 0.416 e. The van der Waals surface area contributed by atoms with Crippen molar-refractivity contribution in [3.05, 3.63) is 29.6 Å². The fourth-order valence-corrected chi connectivity index (χ4v) is 2.65. The van der Waals surface area contributed by atoms with E-state index in [4.69, 9.17) is 5.73 Å². The summed E-state index contributed by atoms with van der Waals surface area (Å²) in [5.41, 5.74) is 5.12. The predicted molar refractivity (Wildman–Crippen MR) is 70.0 cm³/mol. The Morgan fingerprint density at radius 1 is 1.25 bits per heavy atom. The maximum atomic E-state index is 13.9. The van der Waals surface area contributed by atoms with Gasteiger partial charge in [0.1, 0.15) is 5.82 Å². The fraction of sp³-hybridized carbons (Fsp3) is 0.571. The molecule has 0 saturated carbocycles. The van der Waals surface area contributed by atoms with E-state index in [0.717, 1.165) is 18.2 Å². The van der Waals surface area contributed by atoms with Gasteiger partial charge in [-0.3, -0.25) is 0 Å². The summed E-state index contributed by atoms with van der Waals surface area (Å²) in [6, 6.07) is 2.43. The lowest BCUT2D eigenvalue weighted by molar-refractivity contribution is -0.137. The molecule has 3 atom stereocenters. The third kappa shape index (κ3) is 2.75. The molecular weight excluding hydrogens is 272 g/mol. The van der Waals surface area contributed by atoms with E-state index in [1.54, 1.807) is 4.90 Å². The van der Waals surface area contributed by atoms with E-state index >= 15 is 0 Å². The highest BCUT2D eigenvalue weighted by molar-refractivity contribution is 5.52. The van der Waals surface area contributed by atoms with Crippen molar-refractivity contribution in [3.63, 3.8) is 0 Å². The topological polar surface area (TPSA) is 29.3 Å². The molecular formula is C14H18F4N2. The molecule has 2 rings (SSSR count). The zero-order valence-electron chi connectivity index (χ0n) is 11.4. The summed E-state index contributed by atoms with van der Waals surface area (Å²) in [7, 11) is 0. The van der Waals surface area contributed by atoms with Gasteiger partial charge in [-0.15, -0.1) is 0 Å². The number of halogens is 4. The Labute approximate surface area is 115 Å². The number of nitrogens with two attached hydrogens (primary N) is 1. The summed E-state index contributed by atoms with van der Waals surface area (Å²) in [6.07, 6.45) is -3.83. The van der Waals surface area contributed by atoms with Crippen LogP contribution in [0.3, 0.4) is 0 Å². The number of benzene rings is 1. The second kappa shape index (κ2) is 5.24. The van der Waals surface area contributed by atoms with Crippen molar-refractivity contribution in [2.24, 2.45) is 11.7 Å². The molecule has 6 heteroatoms. The van der Waals surface area contributed by atoms with Crippen LogP contribution in [-0.2, 0) is 6.18 Å². The minimum atomic E-state index is -4.47. The number of alkyl halides is 3. The van der Waals surface area contributed by atoms with Crippen molar-refractivity contribution in [1.82, 2.24) is 0 Å². The van der Waals surface area contributed by atoms with Crippen LogP contribution >= 0.6 is 0 Å². The molecule has 1 saturated heterocycles. The first-order valence-corrected chi connectivity index (χ1v) is 6.60. The highest BCUT2D eigenvalue weighted by atomic mass is 19.4. The van der Waals surface area contributed by atoms with Crippen LogP contribution in [0, 0.1) is 11.7 Å². The molecule has 1 aromatic carbocycles. The number of hydrogen-bond acceptors (Lipinski definition) is 2. The molecule has 3 unspecified atom stereocenters. The van der Waals surface area contributed by atoms with Crippen molar-refractivity contribution in [2.45, 2.75) is 38.5 Å². The molecule has 0 aliphatic carbocycles. The van der Waals surface area contributed by atoms with E-state index in [0.29, 0.717) is 13.0 Å². The first kappa shape index (κ1) is 15.1. The van der Waals surface area contributed by atoms with E-state index < -0.39 is 17.6 Å². The Morgan fingerprint density at radius 3 is 2.50 bits per heavy atom. The van der Waals surface area contributed by atoms with Gasteiger partial charge in [-0.05, 0) is 37.5 Å². The first-order valence-electron chi connectivity index (χ1n) is 6.60. The molecule has 0 radical (unpaired) electrons. The molecule has 1 heterocycles. The van der Waals surface area contributed by atoms with Gasteiger partial charge < -0.3 is 10.6 Å². The highest BCUT2D eigenvalue weighted by Gasteiger charge is 2.35. The lowest BCUT2D eigenvalue weighted by Crippen LogP contribution is -2.52. The van der Waals surface area contributed by atoms with E-state index in [2.05, 4.69) is 0 Å². The molecule has 0 bridgehead atoms. The summed E-state index contributed by atoms with van der Waals surface area (Å²) in [4.78, 5) is 1.68. The van der Waals surface area contributed by atoms with E-state index in [1.165, 1.54) is 0 Å². The van der Waals surface area contributed by atoms with Gasteiger partial charge in [-0.25, -0.2) is 4.39 Å². The summed E-state index contributed by atoms with van der Waals surface area (Å²) in [6.45, 7) is 4.27. The van der Waals surface area contributed by atoms with Crippen molar-refractivity contribution in [3.8, 4) is 0 Å². The number of anilines is 1. The molecule has 2 nitrogen and oxygen atoms in total. The predicted octanol–water partition coefficient (Wildman–Crippen LogP) is 3.41. The zero-order valence-corrected chi connectivity index (χ0v) is 11.4. The molecule has 0 spiro atoms. The van der Waals surface area contributed by atoms with Gasteiger partial charge in [0.2, 0.25) is 0 Å². The number of nitrogens with zero attached hydrogens (tertiary/aromatic N) is 1. The molecule has 1 aliphatic rings. The fourth-order valence-electron chi connectivity index (χ4n) is 2.65. The van der Waals surface area contributed by atoms with Gasteiger partial charge in [-0.2, -0.15) is 13.2 Å². The second-order valence-electron chi connectivity index (χ2n) is 5.41. The molecule has 1 aromatic rings. The monoisotopic (exact) mass is 290 g/mol. The van der Waals surface area contributed by atoms with E-state index in [-0.39, 0.29) is 23.7 Å². The van der Waals surface area contributed by atoms with Crippen molar-refractivity contribution < 1.29 is 17.6 Å². The lowest BCUT2D eigenvalue weighted by Gasteiger charge is -2.43. The minimum absolute atomic E-state index is 0.00453. The van der Waals surface area contributed by atoms with E-state index in [9.17, 15) is 17.6 Å². The molecule has 0 amide bonds. The van der Waals surface area contributed by atoms with Crippen LogP contribution in [0.1, 0.15) is 25.8 Å². The second-order valence-corrected chi connectivity index (χ2v) is 5.41. The molecule has 0 aromatic heterocycles. The highest BCUT2D eigenvalue weighted by Crippen LogP contribution is 2.35. The normalized spacial score (nSPS) is 27.8. The van der Waals surface area contributed by atoms with Crippen LogP contribution in [0.5, 0.6) is 0 Å². The zero-order chi connectivity index (χ0) is 15.1. The molecule has 2 N–H and O–H groups in total. The summed E-state index contributed by atoms with van der Waals surface area (Å²) >= 11 is 0. The number of piperidine rings is 1. The van der Waals surface area contributed by atoms with Crippen LogP contribution in [-0.4, -0.2) is 18.6 Å². The third-order valence-electron chi connectivity index (χ3n) is 4.21. The van der Waals surface area contributed by atoms with Gasteiger partial charge >= 0.3 is 6.18 Å². The van der Waals surface area contributed by atoms with Gasteiger partial charge in [0, 0.05) is 18.6 Å². The van der Waals surface area contributed by atoms with Gasteiger partial charge in [0.15, 0.2) is 0 Å². The van der Waals surface area contributed by atoms with Crippen LogP contribution < -0.4 is 10.6 Å². The quantitative estimate of drug-likeness (QED) is 0.803. The van der Waals surface area contributed by atoms with Crippen LogP contribution in [0.4, 0.5) is 23.2 Å². The van der Waals surface area contributed by atoms with Crippen molar-refractivity contribution in [2.75, 3.05) is 11.4 Å². The smallest absolute Gasteiger partial charge is 0.366 e. The van der Waals surface area contributed by atoms with Gasteiger partial charge in [0.05, 0.1) is 11.3 Å². The van der Waals surface area contributed by atoms with Crippen LogP contribution in [0.25, 0.3) is 0 Å². The summed E-state index contributed by atoms with van der Waals surface area (Å²) in [5.74, 6) is -0.537. The van der Waals surface area contributed by atoms with Crippen molar-refractivity contribution in [1.29, 1.82) is 0 Å². The van der Waals surface area contributed by atoms with Gasteiger partial charge in [0.25, 0.3) is 0 Å². The minimum Gasteiger partial charge on any atom is -0.366 e. The number of rotatable bonds is 1. The lowest BCUT2D eigenvalue weighted by atomic mass is 9.87. The third-order valence-corrected chi connectivity index (χ3v) is 4.21. The Balaban J connectivity index is 2.37. The Hall–Kier alpha value is -1.30. The van der Waals surface area contributed by atoms with E-state index in [1.807, 2.05) is 13.8 Å². The average molecular weight is 290 g/mol. The standard InChI is InChI=1S/C14H18F4N2/c1-8-9(2)20(6-5-12(8)19)13-7-10(14(16,17)18)3-4-11(13)15/h3-4,7-9,12H,5-6,19H2,1-2H3. The molecule has 112 valence electrons.